The Labute approximate surface area is 103 Å². The van der Waals surface area contributed by atoms with Crippen LogP contribution in [0.25, 0.3) is 0 Å². The van der Waals surface area contributed by atoms with Gasteiger partial charge in [-0.05, 0) is 31.6 Å². The summed E-state index contributed by atoms with van der Waals surface area (Å²) in [6, 6.07) is 4.62. The van der Waals surface area contributed by atoms with Gasteiger partial charge in [0.15, 0.2) is 0 Å². The highest BCUT2D eigenvalue weighted by Crippen LogP contribution is 2.04. The molecule has 0 saturated carbocycles. The van der Waals surface area contributed by atoms with Crippen LogP contribution in [-0.4, -0.2) is 49.3 Å². The van der Waals surface area contributed by atoms with Gasteiger partial charge in [-0.25, -0.2) is 0 Å². The van der Waals surface area contributed by atoms with Crippen LogP contribution >= 0.6 is 0 Å². The lowest BCUT2D eigenvalue weighted by molar-refractivity contribution is 0.0708. The van der Waals surface area contributed by atoms with Crippen molar-refractivity contribution in [2.45, 2.75) is 19.0 Å². The molecule has 0 amide bonds. The van der Waals surface area contributed by atoms with Crippen LogP contribution in [0.3, 0.4) is 0 Å². The highest BCUT2D eigenvalue weighted by atomic mass is 16.5. The molecule has 1 aromatic rings. The third kappa shape index (κ3) is 4.42. The smallest absolute Gasteiger partial charge is 0.0620 e. The van der Waals surface area contributed by atoms with Crippen molar-refractivity contribution >= 4 is 0 Å². The second-order valence-electron chi connectivity index (χ2n) is 4.61. The lowest BCUT2D eigenvalue weighted by Gasteiger charge is -2.26. The van der Waals surface area contributed by atoms with Crippen LogP contribution in [0.5, 0.6) is 0 Å². The minimum Gasteiger partial charge on any atom is -0.379 e. The molecule has 0 bridgehead atoms. The Morgan fingerprint density at radius 1 is 1.59 bits per heavy atom. The summed E-state index contributed by atoms with van der Waals surface area (Å²) >= 11 is 0. The van der Waals surface area contributed by atoms with Gasteiger partial charge in [-0.2, -0.15) is 0 Å². The summed E-state index contributed by atoms with van der Waals surface area (Å²) in [5.74, 6) is 0. The standard InChI is InChI=1S/C13H21N3O/c1-16(10-12-3-2-5-14-9-12)7-4-13-11-17-8-6-15-13/h2-3,5,9,13,15H,4,6-8,10-11H2,1H3. The number of nitrogens with one attached hydrogen (secondary N) is 1. The molecule has 0 spiro atoms. The van der Waals surface area contributed by atoms with E-state index in [1.807, 2.05) is 18.5 Å². The first-order valence-corrected chi connectivity index (χ1v) is 6.23. The number of pyridine rings is 1. The molecular formula is C13H21N3O. The largest absolute Gasteiger partial charge is 0.379 e. The Morgan fingerprint density at radius 3 is 3.24 bits per heavy atom. The maximum atomic E-state index is 5.44. The lowest BCUT2D eigenvalue weighted by atomic mass is 10.2. The van der Waals surface area contributed by atoms with Crippen LogP contribution in [0.2, 0.25) is 0 Å². The van der Waals surface area contributed by atoms with E-state index in [4.69, 9.17) is 4.74 Å². The summed E-state index contributed by atoms with van der Waals surface area (Å²) < 4.78 is 5.44. The number of aromatic nitrogens is 1. The van der Waals surface area contributed by atoms with E-state index in [2.05, 4.69) is 28.3 Å². The fourth-order valence-electron chi connectivity index (χ4n) is 2.06. The molecule has 1 fully saturated rings. The van der Waals surface area contributed by atoms with Gasteiger partial charge in [-0.15, -0.1) is 0 Å². The van der Waals surface area contributed by atoms with E-state index < -0.39 is 0 Å². The number of hydrogen-bond acceptors (Lipinski definition) is 4. The number of morpholine rings is 1. The van der Waals surface area contributed by atoms with Crippen LogP contribution in [0.4, 0.5) is 0 Å². The Hall–Kier alpha value is -0.970. The van der Waals surface area contributed by atoms with Crippen LogP contribution in [0.1, 0.15) is 12.0 Å². The first-order valence-electron chi connectivity index (χ1n) is 6.23. The number of nitrogens with zero attached hydrogens (tertiary/aromatic N) is 2. The molecule has 2 heterocycles. The topological polar surface area (TPSA) is 37.4 Å². The van der Waals surface area contributed by atoms with Crippen molar-refractivity contribution in [3.05, 3.63) is 30.1 Å². The van der Waals surface area contributed by atoms with Gasteiger partial charge in [-0.1, -0.05) is 6.07 Å². The van der Waals surface area contributed by atoms with E-state index >= 15 is 0 Å². The number of rotatable bonds is 5. The zero-order chi connectivity index (χ0) is 11.9. The van der Waals surface area contributed by atoms with Gasteiger partial charge in [-0.3, -0.25) is 4.98 Å². The molecule has 4 nitrogen and oxygen atoms in total. The first-order chi connectivity index (χ1) is 8.34. The predicted molar refractivity (Wildman–Crippen MR) is 67.8 cm³/mol. The molecule has 0 aromatic carbocycles. The Morgan fingerprint density at radius 2 is 2.53 bits per heavy atom. The summed E-state index contributed by atoms with van der Waals surface area (Å²) in [6.07, 6.45) is 4.88. The average Bonchev–Trinajstić information content (AvgIpc) is 2.39. The van der Waals surface area contributed by atoms with Gasteiger partial charge in [0.1, 0.15) is 0 Å². The van der Waals surface area contributed by atoms with Crippen molar-refractivity contribution in [1.29, 1.82) is 0 Å². The Balaban J connectivity index is 1.68. The molecule has 0 aliphatic carbocycles. The first kappa shape index (κ1) is 12.5. The van der Waals surface area contributed by atoms with Crippen LogP contribution in [0.15, 0.2) is 24.5 Å². The van der Waals surface area contributed by atoms with E-state index in [0.29, 0.717) is 6.04 Å². The zero-order valence-electron chi connectivity index (χ0n) is 10.4. The molecule has 1 N–H and O–H groups in total. The fourth-order valence-corrected chi connectivity index (χ4v) is 2.06. The molecule has 0 radical (unpaired) electrons. The van der Waals surface area contributed by atoms with E-state index in [1.165, 1.54) is 5.56 Å². The van der Waals surface area contributed by atoms with Gasteiger partial charge >= 0.3 is 0 Å². The van der Waals surface area contributed by atoms with Crippen molar-refractivity contribution in [2.75, 3.05) is 33.4 Å². The van der Waals surface area contributed by atoms with Crippen LogP contribution in [-0.2, 0) is 11.3 Å². The molecule has 1 aliphatic heterocycles. The minimum absolute atomic E-state index is 0.514. The average molecular weight is 235 g/mol. The van der Waals surface area contributed by atoms with E-state index in [0.717, 1.165) is 39.3 Å². The van der Waals surface area contributed by atoms with Crippen molar-refractivity contribution in [3.63, 3.8) is 0 Å². The fraction of sp³-hybridized carbons (Fsp3) is 0.615. The maximum absolute atomic E-state index is 5.44. The number of ether oxygens (including phenoxy) is 1. The second-order valence-corrected chi connectivity index (χ2v) is 4.61. The quantitative estimate of drug-likeness (QED) is 0.822. The Bertz CT molecular complexity index is 312. The highest BCUT2D eigenvalue weighted by Gasteiger charge is 2.13. The van der Waals surface area contributed by atoms with Crippen LogP contribution in [0, 0.1) is 0 Å². The molecule has 4 heteroatoms. The van der Waals surface area contributed by atoms with Gasteiger partial charge in [0, 0.05) is 31.5 Å². The number of hydrogen-bond donors (Lipinski definition) is 1. The summed E-state index contributed by atoms with van der Waals surface area (Å²) in [5.41, 5.74) is 1.27. The van der Waals surface area contributed by atoms with E-state index in [9.17, 15) is 0 Å². The van der Waals surface area contributed by atoms with Gasteiger partial charge < -0.3 is 15.0 Å². The highest BCUT2D eigenvalue weighted by molar-refractivity contribution is 5.07. The molecule has 2 rings (SSSR count). The predicted octanol–water partition coefficient (Wildman–Crippen LogP) is 0.892. The van der Waals surface area contributed by atoms with Crippen molar-refractivity contribution in [1.82, 2.24) is 15.2 Å². The zero-order valence-corrected chi connectivity index (χ0v) is 10.4. The van der Waals surface area contributed by atoms with E-state index in [1.54, 1.807) is 0 Å². The Kier molecular flexibility index (Phi) is 4.91. The molecule has 94 valence electrons. The van der Waals surface area contributed by atoms with Gasteiger partial charge in [0.2, 0.25) is 0 Å². The maximum Gasteiger partial charge on any atom is 0.0620 e. The molecule has 17 heavy (non-hydrogen) atoms. The molecule has 1 aliphatic rings. The second kappa shape index (κ2) is 6.69. The summed E-state index contributed by atoms with van der Waals surface area (Å²) in [6.45, 7) is 4.72. The van der Waals surface area contributed by atoms with Gasteiger partial charge in [0.25, 0.3) is 0 Å². The third-order valence-corrected chi connectivity index (χ3v) is 3.03. The molecule has 1 aromatic heterocycles. The summed E-state index contributed by atoms with van der Waals surface area (Å²) in [7, 11) is 2.15. The normalized spacial score (nSPS) is 20.7. The lowest BCUT2D eigenvalue weighted by Crippen LogP contribution is -2.42. The van der Waals surface area contributed by atoms with E-state index in [-0.39, 0.29) is 0 Å². The van der Waals surface area contributed by atoms with Crippen LogP contribution < -0.4 is 5.32 Å². The van der Waals surface area contributed by atoms with Crippen molar-refractivity contribution < 1.29 is 4.74 Å². The van der Waals surface area contributed by atoms with Crippen molar-refractivity contribution in [3.8, 4) is 0 Å². The molecule has 1 atom stereocenters. The summed E-state index contributed by atoms with van der Waals surface area (Å²) in [5, 5.41) is 3.47. The van der Waals surface area contributed by atoms with Gasteiger partial charge in [0.05, 0.1) is 13.2 Å². The minimum atomic E-state index is 0.514. The third-order valence-electron chi connectivity index (χ3n) is 3.03. The summed E-state index contributed by atoms with van der Waals surface area (Å²) in [4.78, 5) is 6.46. The molecule has 1 unspecified atom stereocenters. The molecular weight excluding hydrogens is 214 g/mol. The molecule has 1 saturated heterocycles. The van der Waals surface area contributed by atoms with Crippen molar-refractivity contribution in [2.24, 2.45) is 0 Å². The monoisotopic (exact) mass is 235 g/mol. The SMILES string of the molecule is CN(CCC1COCCN1)Cc1cccnc1.